The first-order chi connectivity index (χ1) is 12.1. The van der Waals surface area contributed by atoms with Gasteiger partial charge in [-0.15, -0.1) is 0 Å². The minimum absolute atomic E-state index is 0.363. The first-order valence-corrected chi connectivity index (χ1v) is 8.16. The highest BCUT2D eigenvalue weighted by Gasteiger charge is 2.05. The van der Waals surface area contributed by atoms with E-state index in [1.54, 1.807) is 12.3 Å². The van der Waals surface area contributed by atoms with Crippen LogP contribution in [0.5, 0.6) is 0 Å². The summed E-state index contributed by atoms with van der Waals surface area (Å²) < 4.78 is 0. The van der Waals surface area contributed by atoms with Crippen LogP contribution in [0.15, 0.2) is 65.8 Å². The van der Waals surface area contributed by atoms with E-state index in [9.17, 15) is 0 Å². The molecule has 0 radical (unpaired) electrons. The Morgan fingerprint density at radius 3 is 2.40 bits per heavy atom. The molecule has 1 heterocycles. The Morgan fingerprint density at radius 1 is 1.00 bits per heavy atom. The summed E-state index contributed by atoms with van der Waals surface area (Å²) in [5.74, 6) is 1.10. The van der Waals surface area contributed by atoms with Gasteiger partial charge in [-0.05, 0) is 17.7 Å². The Balaban J connectivity index is 1.73. The Bertz CT molecular complexity index is 861. The van der Waals surface area contributed by atoms with Crippen LogP contribution in [0.25, 0.3) is 11.4 Å². The van der Waals surface area contributed by atoms with Gasteiger partial charge in [0.25, 0.3) is 0 Å². The van der Waals surface area contributed by atoms with Crippen molar-refractivity contribution in [2.75, 3.05) is 24.4 Å². The number of nitrogens with one attached hydrogen (secondary N) is 1. The van der Waals surface area contributed by atoms with Crippen LogP contribution in [0.3, 0.4) is 0 Å². The van der Waals surface area contributed by atoms with Crippen LogP contribution >= 0.6 is 11.6 Å². The molecule has 0 aliphatic heterocycles. The lowest BCUT2D eigenvalue weighted by Gasteiger charge is -2.11. The van der Waals surface area contributed by atoms with Crippen molar-refractivity contribution in [2.45, 2.75) is 0 Å². The van der Waals surface area contributed by atoms with Gasteiger partial charge >= 0.3 is 0 Å². The lowest BCUT2D eigenvalue weighted by atomic mass is 10.2. The summed E-state index contributed by atoms with van der Waals surface area (Å²) >= 11 is 6.10. The van der Waals surface area contributed by atoms with Gasteiger partial charge in [-0.2, -0.15) is 5.10 Å². The minimum Gasteiger partial charge on any atom is -0.378 e. The van der Waals surface area contributed by atoms with E-state index in [2.05, 4.69) is 20.5 Å². The molecule has 0 unspecified atom stereocenters. The highest BCUT2D eigenvalue weighted by atomic mass is 35.5. The molecule has 2 aromatic carbocycles. The topological polar surface area (TPSA) is 53.4 Å². The molecule has 126 valence electrons. The lowest BCUT2D eigenvalue weighted by molar-refractivity contribution is 1.13. The zero-order valence-corrected chi connectivity index (χ0v) is 14.8. The highest BCUT2D eigenvalue weighted by Crippen LogP contribution is 2.20. The van der Waals surface area contributed by atoms with Crippen molar-refractivity contribution in [2.24, 2.45) is 5.10 Å². The van der Waals surface area contributed by atoms with Crippen LogP contribution < -0.4 is 10.3 Å². The monoisotopic (exact) mass is 351 g/mol. The molecule has 5 nitrogen and oxygen atoms in total. The van der Waals surface area contributed by atoms with Gasteiger partial charge in [-0.1, -0.05) is 54.1 Å². The molecule has 6 heteroatoms. The van der Waals surface area contributed by atoms with Crippen LogP contribution in [0.4, 0.5) is 11.5 Å². The van der Waals surface area contributed by atoms with Crippen molar-refractivity contribution >= 4 is 29.3 Å². The third-order valence-electron chi connectivity index (χ3n) is 3.53. The summed E-state index contributed by atoms with van der Waals surface area (Å²) in [6, 6.07) is 19.4. The van der Waals surface area contributed by atoms with Crippen molar-refractivity contribution in [1.82, 2.24) is 9.97 Å². The van der Waals surface area contributed by atoms with Crippen molar-refractivity contribution in [3.63, 3.8) is 0 Å². The maximum absolute atomic E-state index is 6.10. The minimum atomic E-state index is 0.363. The quantitative estimate of drug-likeness (QED) is 0.423. The van der Waals surface area contributed by atoms with Gasteiger partial charge < -0.3 is 4.90 Å². The number of hydrogen-bond donors (Lipinski definition) is 1. The van der Waals surface area contributed by atoms with E-state index in [-0.39, 0.29) is 0 Å². The van der Waals surface area contributed by atoms with Crippen LogP contribution in [0, 0.1) is 0 Å². The van der Waals surface area contributed by atoms with E-state index in [1.807, 2.05) is 73.6 Å². The van der Waals surface area contributed by atoms with Crippen LogP contribution in [-0.2, 0) is 0 Å². The Kier molecular flexibility index (Phi) is 5.26. The molecule has 1 N–H and O–H groups in total. The number of hydrazone groups is 1. The van der Waals surface area contributed by atoms with Gasteiger partial charge in [0.15, 0.2) is 11.6 Å². The maximum atomic E-state index is 6.10. The molecule has 0 fully saturated rings. The molecule has 0 bridgehead atoms. The summed E-state index contributed by atoms with van der Waals surface area (Å²) in [5, 5.41) is 4.59. The zero-order chi connectivity index (χ0) is 17.6. The van der Waals surface area contributed by atoms with Gasteiger partial charge in [0, 0.05) is 31.4 Å². The molecule has 0 aliphatic rings. The van der Waals surface area contributed by atoms with Crippen LogP contribution in [0.2, 0.25) is 5.15 Å². The van der Waals surface area contributed by atoms with Gasteiger partial charge in [0.2, 0.25) is 0 Å². The summed E-state index contributed by atoms with van der Waals surface area (Å²) in [7, 11) is 4.02. The Labute approximate surface area is 152 Å². The average molecular weight is 352 g/mol. The highest BCUT2D eigenvalue weighted by molar-refractivity contribution is 6.29. The van der Waals surface area contributed by atoms with Crippen molar-refractivity contribution in [3.05, 3.63) is 71.4 Å². The van der Waals surface area contributed by atoms with Gasteiger partial charge in [-0.3, -0.25) is 5.43 Å². The standard InChI is InChI=1S/C19H18ClN5/c1-25(2)16-10-8-14(9-11-16)13-21-24-18-12-17(20)22-19(23-18)15-6-4-3-5-7-15/h3-13H,1-2H3,(H,22,23,24)/b21-13-. The number of anilines is 2. The fourth-order valence-corrected chi connectivity index (χ4v) is 2.41. The smallest absolute Gasteiger partial charge is 0.163 e. The van der Waals surface area contributed by atoms with Crippen molar-refractivity contribution < 1.29 is 0 Å². The summed E-state index contributed by atoms with van der Waals surface area (Å²) in [5.41, 5.74) is 5.93. The Morgan fingerprint density at radius 2 is 1.72 bits per heavy atom. The molecule has 0 atom stereocenters. The van der Waals surface area contributed by atoms with Crippen LogP contribution in [-0.4, -0.2) is 30.3 Å². The molecule has 3 aromatic rings. The van der Waals surface area contributed by atoms with E-state index < -0.39 is 0 Å². The second kappa shape index (κ2) is 7.77. The third kappa shape index (κ3) is 4.55. The summed E-state index contributed by atoms with van der Waals surface area (Å²) in [6.45, 7) is 0. The van der Waals surface area contributed by atoms with Gasteiger partial charge in [-0.25, -0.2) is 9.97 Å². The second-order valence-electron chi connectivity index (χ2n) is 5.62. The second-order valence-corrected chi connectivity index (χ2v) is 6.01. The van der Waals surface area contributed by atoms with E-state index in [1.165, 1.54) is 0 Å². The Hall–Kier alpha value is -2.92. The SMILES string of the molecule is CN(C)c1ccc(/C=N\Nc2cc(Cl)nc(-c3ccccc3)n2)cc1. The van der Waals surface area contributed by atoms with E-state index >= 15 is 0 Å². The largest absolute Gasteiger partial charge is 0.378 e. The number of rotatable bonds is 5. The fraction of sp³-hybridized carbons (Fsp3) is 0.105. The van der Waals surface area contributed by atoms with E-state index in [4.69, 9.17) is 11.6 Å². The molecular weight excluding hydrogens is 334 g/mol. The molecule has 0 saturated carbocycles. The van der Waals surface area contributed by atoms with Crippen molar-refractivity contribution in [3.8, 4) is 11.4 Å². The first kappa shape index (κ1) is 16.9. The lowest BCUT2D eigenvalue weighted by Crippen LogP contribution is -2.08. The number of hydrogen-bond acceptors (Lipinski definition) is 5. The summed E-state index contributed by atoms with van der Waals surface area (Å²) in [6.07, 6.45) is 1.73. The molecule has 0 amide bonds. The number of aromatic nitrogens is 2. The summed E-state index contributed by atoms with van der Waals surface area (Å²) in [4.78, 5) is 10.7. The van der Waals surface area contributed by atoms with Gasteiger partial charge in [0.1, 0.15) is 5.15 Å². The predicted octanol–water partition coefficient (Wildman–Crippen LogP) is 4.31. The molecule has 0 spiro atoms. The van der Waals surface area contributed by atoms with E-state index in [0.29, 0.717) is 16.8 Å². The van der Waals surface area contributed by atoms with Crippen LogP contribution in [0.1, 0.15) is 5.56 Å². The average Bonchev–Trinajstić information content (AvgIpc) is 2.62. The van der Waals surface area contributed by atoms with Crippen molar-refractivity contribution in [1.29, 1.82) is 0 Å². The predicted molar refractivity (Wildman–Crippen MR) is 104 cm³/mol. The molecule has 0 aliphatic carbocycles. The van der Waals surface area contributed by atoms with E-state index in [0.717, 1.165) is 16.8 Å². The molecule has 0 saturated heterocycles. The number of benzene rings is 2. The first-order valence-electron chi connectivity index (χ1n) is 7.78. The third-order valence-corrected chi connectivity index (χ3v) is 3.72. The molecule has 3 rings (SSSR count). The molecule has 1 aromatic heterocycles. The van der Waals surface area contributed by atoms with Gasteiger partial charge in [0.05, 0.1) is 6.21 Å². The molecular formula is C19H18ClN5. The molecule has 25 heavy (non-hydrogen) atoms. The fourth-order valence-electron chi connectivity index (χ4n) is 2.22. The maximum Gasteiger partial charge on any atom is 0.163 e. The number of halogens is 1. The zero-order valence-electron chi connectivity index (χ0n) is 14.0. The normalized spacial score (nSPS) is 10.8. The number of nitrogens with zero attached hydrogens (tertiary/aromatic N) is 4.